The van der Waals surface area contributed by atoms with Crippen molar-refractivity contribution in [3.05, 3.63) is 18.5 Å². The van der Waals surface area contributed by atoms with E-state index in [0.717, 1.165) is 25.1 Å². The number of rotatable bonds is 3. The van der Waals surface area contributed by atoms with Crippen molar-refractivity contribution in [3.63, 3.8) is 0 Å². The molecule has 18 heavy (non-hydrogen) atoms. The van der Waals surface area contributed by atoms with Crippen molar-refractivity contribution in [3.8, 4) is 0 Å². The van der Waals surface area contributed by atoms with E-state index >= 15 is 0 Å². The van der Waals surface area contributed by atoms with Crippen LogP contribution in [-0.4, -0.2) is 35.1 Å². The van der Waals surface area contributed by atoms with E-state index in [4.69, 9.17) is 0 Å². The third kappa shape index (κ3) is 2.80. The van der Waals surface area contributed by atoms with Crippen molar-refractivity contribution in [1.82, 2.24) is 15.3 Å². The zero-order valence-electron chi connectivity index (χ0n) is 10.9. The Balaban J connectivity index is 1.49. The molecule has 4 heteroatoms. The van der Waals surface area contributed by atoms with Gasteiger partial charge in [0.05, 0.1) is 0 Å². The average Bonchev–Trinajstić information content (AvgIpc) is 2.94. The van der Waals surface area contributed by atoms with E-state index in [1.807, 2.05) is 18.5 Å². The SMILES string of the molecule is c1cnc(N2CCC(NC3CCCC3)CC2)nc1. The van der Waals surface area contributed by atoms with Gasteiger partial charge in [-0.3, -0.25) is 0 Å². The predicted octanol–water partition coefficient (Wildman–Crippen LogP) is 1.98. The van der Waals surface area contributed by atoms with Crippen LogP contribution >= 0.6 is 0 Å². The van der Waals surface area contributed by atoms with E-state index in [1.54, 1.807) is 0 Å². The summed E-state index contributed by atoms with van der Waals surface area (Å²) in [6.45, 7) is 2.16. The van der Waals surface area contributed by atoms with E-state index in [9.17, 15) is 0 Å². The van der Waals surface area contributed by atoms with Gasteiger partial charge in [0.25, 0.3) is 0 Å². The van der Waals surface area contributed by atoms with Crippen molar-refractivity contribution < 1.29 is 0 Å². The fraction of sp³-hybridized carbons (Fsp3) is 0.714. The number of hydrogen-bond acceptors (Lipinski definition) is 4. The molecule has 0 radical (unpaired) electrons. The molecule has 4 nitrogen and oxygen atoms in total. The largest absolute Gasteiger partial charge is 0.341 e. The highest BCUT2D eigenvalue weighted by molar-refractivity contribution is 5.29. The van der Waals surface area contributed by atoms with Crippen LogP contribution in [0.3, 0.4) is 0 Å². The molecule has 3 rings (SSSR count). The monoisotopic (exact) mass is 246 g/mol. The van der Waals surface area contributed by atoms with E-state index in [-0.39, 0.29) is 0 Å². The summed E-state index contributed by atoms with van der Waals surface area (Å²) in [4.78, 5) is 10.9. The number of aromatic nitrogens is 2. The molecule has 1 aliphatic heterocycles. The molecule has 2 aliphatic rings. The van der Waals surface area contributed by atoms with Gasteiger partial charge in [0.15, 0.2) is 0 Å². The summed E-state index contributed by atoms with van der Waals surface area (Å²) in [5.41, 5.74) is 0. The lowest BCUT2D eigenvalue weighted by Gasteiger charge is -2.33. The summed E-state index contributed by atoms with van der Waals surface area (Å²) < 4.78 is 0. The molecule has 1 saturated heterocycles. The van der Waals surface area contributed by atoms with Crippen LogP contribution in [0.4, 0.5) is 5.95 Å². The van der Waals surface area contributed by atoms with Gasteiger partial charge in [0, 0.05) is 37.6 Å². The molecule has 0 unspecified atom stereocenters. The Labute approximate surface area is 109 Å². The van der Waals surface area contributed by atoms with E-state index in [1.165, 1.54) is 38.5 Å². The molecule has 1 aliphatic carbocycles. The summed E-state index contributed by atoms with van der Waals surface area (Å²) in [5.74, 6) is 0.886. The van der Waals surface area contributed by atoms with Gasteiger partial charge in [-0.15, -0.1) is 0 Å². The molecule has 1 aromatic heterocycles. The highest BCUT2D eigenvalue weighted by atomic mass is 15.3. The second-order valence-corrected chi connectivity index (χ2v) is 5.46. The molecule has 2 heterocycles. The quantitative estimate of drug-likeness (QED) is 0.885. The maximum Gasteiger partial charge on any atom is 0.225 e. The van der Waals surface area contributed by atoms with Crippen LogP contribution in [0, 0.1) is 0 Å². The molecular formula is C14H22N4. The topological polar surface area (TPSA) is 41.1 Å². The molecule has 0 bridgehead atoms. The van der Waals surface area contributed by atoms with Crippen molar-refractivity contribution in [2.24, 2.45) is 0 Å². The van der Waals surface area contributed by atoms with Crippen molar-refractivity contribution in [2.45, 2.75) is 50.6 Å². The first-order valence-corrected chi connectivity index (χ1v) is 7.20. The lowest BCUT2D eigenvalue weighted by molar-refractivity contribution is 0.366. The van der Waals surface area contributed by atoms with E-state index in [2.05, 4.69) is 20.2 Å². The maximum absolute atomic E-state index is 4.33. The van der Waals surface area contributed by atoms with Crippen LogP contribution < -0.4 is 10.2 Å². The first-order valence-electron chi connectivity index (χ1n) is 7.20. The first-order chi connectivity index (χ1) is 8.92. The molecule has 1 N–H and O–H groups in total. The standard InChI is InChI=1S/C14H22N4/c1-2-5-12(4-1)17-13-6-10-18(11-7-13)14-15-8-3-9-16-14/h3,8-9,12-13,17H,1-2,4-7,10-11H2. The molecular weight excluding hydrogens is 224 g/mol. The maximum atomic E-state index is 4.33. The predicted molar refractivity (Wildman–Crippen MR) is 72.7 cm³/mol. The average molecular weight is 246 g/mol. The zero-order valence-corrected chi connectivity index (χ0v) is 10.9. The Morgan fingerprint density at radius 1 is 0.944 bits per heavy atom. The third-order valence-corrected chi connectivity index (χ3v) is 4.16. The normalized spacial score (nSPS) is 22.6. The second-order valence-electron chi connectivity index (χ2n) is 5.46. The first kappa shape index (κ1) is 11.9. The van der Waals surface area contributed by atoms with Crippen molar-refractivity contribution >= 4 is 5.95 Å². The van der Waals surface area contributed by atoms with E-state index < -0.39 is 0 Å². The van der Waals surface area contributed by atoms with Crippen LogP contribution in [0.15, 0.2) is 18.5 Å². The second kappa shape index (κ2) is 5.65. The molecule has 0 amide bonds. The third-order valence-electron chi connectivity index (χ3n) is 4.16. The number of piperidine rings is 1. The smallest absolute Gasteiger partial charge is 0.225 e. The van der Waals surface area contributed by atoms with Crippen molar-refractivity contribution in [2.75, 3.05) is 18.0 Å². The molecule has 0 aromatic carbocycles. The summed E-state index contributed by atoms with van der Waals surface area (Å²) in [6.07, 6.45) is 11.7. The van der Waals surface area contributed by atoms with Gasteiger partial charge in [-0.25, -0.2) is 9.97 Å². The summed E-state index contributed by atoms with van der Waals surface area (Å²) >= 11 is 0. The van der Waals surface area contributed by atoms with Gasteiger partial charge in [-0.05, 0) is 31.7 Å². The van der Waals surface area contributed by atoms with Crippen LogP contribution in [0.2, 0.25) is 0 Å². The van der Waals surface area contributed by atoms with Crippen LogP contribution in [0.1, 0.15) is 38.5 Å². The summed E-state index contributed by atoms with van der Waals surface area (Å²) in [7, 11) is 0. The molecule has 0 atom stereocenters. The number of anilines is 1. The highest BCUT2D eigenvalue weighted by Crippen LogP contribution is 2.21. The highest BCUT2D eigenvalue weighted by Gasteiger charge is 2.24. The van der Waals surface area contributed by atoms with Gasteiger partial charge in [0.2, 0.25) is 5.95 Å². The van der Waals surface area contributed by atoms with Gasteiger partial charge in [-0.1, -0.05) is 12.8 Å². The van der Waals surface area contributed by atoms with Gasteiger partial charge < -0.3 is 10.2 Å². The van der Waals surface area contributed by atoms with Gasteiger partial charge >= 0.3 is 0 Å². The Morgan fingerprint density at radius 2 is 1.56 bits per heavy atom. The van der Waals surface area contributed by atoms with Crippen LogP contribution in [-0.2, 0) is 0 Å². The Kier molecular flexibility index (Phi) is 3.74. The minimum absolute atomic E-state index is 0.702. The lowest BCUT2D eigenvalue weighted by atomic mass is 10.0. The molecule has 1 saturated carbocycles. The summed E-state index contributed by atoms with van der Waals surface area (Å²) in [5, 5.41) is 3.82. The van der Waals surface area contributed by atoms with Crippen molar-refractivity contribution in [1.29, 1.82) is 0 Å². The minimum Gasteiger partial charge on any atom is -0.341 e. The minimum atomic E-state index is 0.702. The zero-order chi connectivity index (χ0) is 12.2. The molecule has 1 aromatic rings. The van der Waals surface area contributed by atoms with E-state index in [0.29, 0.717) is 6.04 Å². The lowest BCUT2D eigenvalue weighted by Crippen LogP contribution is -2.46. The van der Waals surface area contributed by atoms with Gasteiger partial charge in [0.1, 0.15) is 0 Å². The fourth-order valence-corrected chi connectivity index (χ4v) is 3.13. The molecule has 0 spiro atoms. The number of hydrogen-bond donors (Lipinski definition) is 1. The molecule has 98 valence electrons. The van der Waals surface area contributed by atoms with Crippen LogP contribution in [0.5, 0.6) is 0 Å². The Bertz CT molecular complexity index is 353. The fourth-order valence-electron chi connectivity index (χ4n) is 3.13. The number of nitrogens with zero attached hydrogens (tertiary/aromatic N) is 3. The molecule has 2 fully saturated rings. The Morgan fingerprint density at radius 3 is 2.22 bits per heavy atom. The number of nitrogens with one attached hydrogen (secondary N) is 1. The van der Waals surface area contributed by atoms with Crippen LogP contribution in [0.25, 0.3) is 0 Å². The Hall–Kier alpha value is -1.16. The van der Waals surface area contributed by atoms with Gasteiger partial charge in [-0.2, -0.15) is 0 Å². The summed E-state index contributed by atoms with van der Waals surface area (Å²) in [6, 6.07) is 3.36.